The van der Waals surface area contributed by atoms with Crippen LogP contribution in [0.1, 0.15) is 27.7 Å². The number of carbonyl (C=O) groups is 1. The molecule has 150 valence electrons. The Balaban J connectivity index is 1.84. The molecule has 0 radical (unpaired) electrons. The average Bonchev–Trinajstić information content (AvgIpc) is 3.27. The lowest BCUT2D eigenvalue weighted by molar-refractivity contribution is -0.113. The number of halogens is 2. The molecule has 1 unspecified atom stereocenters. The molecule has 0 aliphatic carbocycles. The number of H-pyrrole nitrogens is 1. The lowest BCUT2D eigenvalue weighted by atomic mass is 9.96. The van der Waals surface area contributed by atoms with E-state index in [2.05, 4.69) is 10.2 Å². The second-order valence-corrected chi connectivity index (χ2v) is 6.68. The van der Waals surface area contributed by atoms with Gasteiger partial charge in [0.15, 0.2) is 6.29 Å². The molecule has 1 amide bonds. The molecule has 2 aromatic carbocycles. The molecule has 4 rings (SSSR count). The van der Waals surface area contributed by atoms with Crippen LogP contribution in [0.25, 0.3) is 11.3 Å². The fraction of sp³-hybridized carbons (Fsp3) is 0.238. The van der Waals surface area contributed by atoms with Gasteiger partial charge in [-0.2, -0.15) is 5.10 Å². The second kappa shape index (κ2) is 7.73. The van der Waals surface area contributed by atoms with Crippen molar-refractivity contribution in [1.29, 1.82) is 0 Å². The molecule has 1 atom stereocenters. The highest BCUT2D eigenvalue weighted by Crippen LogP contribution is 2.42. The summed E-state index contributed by atoms with van der Waals surface area (Å²) >= 11 is 0. The third kappa shape index (κ3) is 3.41. The highest BCUT2D eigenvalue weighted by atomic mass is 19.1. The van der Waals surface area contributed by atoms with Gasteiger partial charge in [-0.3, -0.25) is 9.89 Å². The average molecular weight is 399 g/mol. The Hall–Kier alpha value is -3.10. The van der Waals surface area contributed by atoms with Gasteiger partial charge < -0.3 is 14.4 Å². The summed E-state index contributed by atoms with van der Waals surface area (Å²) in [5.74, 6) is -1.01. The lowest BCUT2D eigenvalue weighted by Gasteiger charge is -2.29. The van der Waals surface area contributed by atoms with E-state index in [1.54, 1.807) is 29.2 Å². The fourth-order valence-corrected chi connectivity index (χ4v) is 3.61. The number of carbonyl (C=O) groups excluding carboxylic acids is 1. The molecule has 6 nitrogen and oxygen atoms in total. The van der Waals surface area contributed by atoms with Crippen LogP contribution in [0.2, 0.25) is 0 Å². The van der Waals surface area contributed by atoms with Crippen LogP contribution in [-0.2, 0) is 9.47 Å². The van der Waals surface area contributed by atoms with Crippen LogP contribution in [0, 0.1) is 11.6 Å². The van der Waals surface area contributed by atoms with Gasteiger partial charge in [0.2, 0.25) is 0 Å². The van der Waals surface area contributed by atoms with Gasteiger partial charge in [-0.15, -0.1) is 0 Å². The Labute approximate surface area is 166 Å². The predicted molar refractivity (Wildman–Crippen MR) is 101 cm³/mol. The largest absolute Gasteiger partial charge is 0.354 e. The van der Waals surface area contributed by atoms with Crippen molar-refractivity contribution in [1.82, 2.24) is 15.1 Å². The third-order valence-corrected chi connectivity index (χ3v) is 5.04. The molecule has 0 saturated heterocycles. The van der Waals surface area contributed by atoms with Crippen molar-refractivity contribution < 1.29 is 23.0 Å². The van der Waals surface area contributed by atoms with Crippen molar-refractivity contribution in [2.75, 3.05) is 20.8 Å². The number of ether oxygens (including phenoxy) is 2. The normalized spacial score (nSPS) is 16.0. The number of fused-ring (bicyclic) bond motifs is 1. The molecule has 0 saturated carbocycles. The number of hydrogen-bond donors (Lipinski definition) is 1. The number of methoxy groups -OCH3 is 2. The highest BCUT2D eigenvalue weighted by Gasteiger charge is 2.43. The molecule has 0 bridgehead atoms. The number of nitrogens with one attached hydrogen (secondary N) is 1. The van der Waals surface area contributed by atoms with Crippen LogP contribution >= 0.6 is 0 Å². The number of nitrogens with zero attached hydrogens (tertiary/aromatic N) is 2. The van der Waals surface area contributed by atoms with Crippen molar-refractivity contribution in [3.8, 4) is 11.3 Å². The van der Waals surface area contributed by atoms with E-state index in [1.807, 2.05) is 0 Å². The molecule has 1 aromatic heterocycles. The Morgan fingerprint density at radius 3 is 2.21 bits per heavy atom. The first kappa shape index (κ1) is 19.2. The van der Waals surface area contributed by atoms with Gasteiger partial charge in [0.25, 0.3) is 5.91 Å². The Kier molecular flexibility index (Phi) is 5.12. The fourth-order valence-electron chi connectivity index (χ4n) is 3.61. The minimum absolute atomic E-state index is 0.166. The summed E-state index contributed by atoms with van der Waals surface area (Å²) < 4.78 is 37.4. The summed E-state index contributed by atoms with van der Waals surface area (Å²) in [6.07, 6.45) is -0.631. The SMILES string of the molecule is COC(CN1C(=O)c2[nH]nc(-c3ccc(F)cc3)c2C1c1ccc(F)cc1)OC. The quantitative estimate of drug-likeness (QED) is 0.644. The van der Waals surface area contributed by atoms with E-state index in [4.69, 9.17) is 9.47 Å². The maximum absolute atomic E-state index is 13.5. The smallest absolute Gasteiger partial charge is 0.273 e. The molecule has 1 N–H and O–H groups in total. The summed E-state index contributed by atoms with van der Waals surface area (Å²) in [7, 11) is 2.98. The molecule has 29 heavy (non-hydrogen) atoms. The van der Waals surface area contributed by atoms with Gasteiger partial charge >= 0.3 is 0 Å². The Morgan fingerprint density at radius 2 is 1.62 bits per heavy atom. The van der Waals surface area contributed by atoms with Gasteiger partial charge in [-0.1, -0.05) is 12.1 Å². The zero-order valence-electron chi connectivity index (χ0n) is 15.9. The molecule has 0 spiro atoms. The maximum atomic E-state index is 13.5. The van der Waals surface area contributed by atoms with Gasteiger partial charge in [-0.05, 0) is 42.0 Å². The van der Waals surface area contributed by atoms with Gasteiger partial charge in [-0.25, -0.2) is 8.78 Å². The van der Waals surface area contributed by atoms with Crippen molar-refractivity contribution in [2.24, 2.45) is 0 Å². The molecule has 1 aliphatic heterocycles. The van der Waals surface area contributed by atoms with Crippen molar-refractivity contribution in [3.63, 3.8) is 0 Å². The van der Waals surface area contributed by atoms with Crippen molar-refractivity contribution in [3.05, 3.63) is 77.0 Å². The number of hydrogen-bond acceptors (Lipinski definition) is 4. The zero-order valence-corrected chi connectivity index (χ0v) is 15.9. The number of aromatic amines is 1. The van der Waals surface area contributed by atoms with Crippen LogP contribution in [0.5, 0.6) is 0 Å². The minimum Gasteiger partial charge on any atom is -0.354 e. The summed E-state index contributed by atoms with van der Waals surface area (Å²) in [5, 5.41) is 7.11. The van der Waals surface area contributed by atoms with Crippen LogP contribution in [0.15, 0.2) is 48.5 Å². The monoisotopic (exact) mass is 399 g/mol. The topological polar surface area (TPSA) is 67.5 Å². The number of benzene rings is 2. The standard InChI is InChI=1S/C21H19F2N3O3/c1-28-16(29-2)11-26-20(13-5-9-15(23)10-6-13)17-18(24-25-19(17)21(26)27)12-3-7-14(22)8-4-12/h3-10,16,20H,11H2,1-2H3,(H,24,25). The number of rotatable bonds is 6. The molecule has 2 heterocycles. The Bertz CT molecular complexity index is 1010. The van der Waals surface area contributed by atoms with E-state index in [-0.39, 0.29) is 24.1 Å². The van der Waals surface area contributed by atoms with E-state index in [0.717, 1.165) is 0 Å². The minimum atomic E-state index is -0.631. The van der Waals surface area contributed by atoms with Gasteiger partial charge in [0, 0.05) is 25.3 Å². The second-order valence-electron chi connectivity index (χ2n) is 6.68. The predicted octanol–water partition coefficient (Wildman–Crippen LogP) is 3.52. The third-order valence-electron chi connectivity index (χ3n) is 5.04. The van der Waals surface area contributed by atoms with Gasteiger partial charge in [0.1, 0.15) is 17.3 Å². The van der Waals surface area contributed by atoms with E-state index in [0.29, 0.717) is 28.1 Å². The van der Waals surface area contributed by atoms with Gasteiger partial charge in [0.05, 0.1) is 18.3 Å². The number of amides is 1. The summed E-state index contributed by atoms with van der Waals surface area (Å²) in [6.45, 7) is 0.166. The van der Waals surface area contributed by atoms with E-state index < -0.39 is 12.3 Å². The first-order valence-corrected chi connectivity index (χ1v) is 8.99. The summed E-state index contributed by atoms with van der Waals surface area (Å²) in [6, 6.07) is 11.3. The Morgan fingerprint density at radius 1 is 1.03 bits per heavy atom. The maximum Gasteiger partial charge on any atom is 0.273 e. The molecular weight excluding hydrogens is 380 g/mol. The summed E-state index contributed by atoms with van der Waals surface area (Å²) in [5.41, 5.74) is 2.91. The van der Waals surface area contributed by atoms with Crippen LogP contribution in [0.3, 0.4) is 0 Å². The summed E-state index contributed by atoms with van der Waals surface area (Å²) in [4.78, 5) is 14.7. The van der Waals surface area contributed by atoms with Crippen LogP contribution < -0.4 is 0 Å². The molecule has 8 heteroatoms. The van der Waals surface area contributed by atoms with E-state index >= 15 is 0 Å². The molecular formula is C21H19F2N3O3. The van der Waals surface area contributed by atoms with E-state index in [1.165, 1.54) is 38.5 Å². The van der Waals surface area contributed by atoms with Crippen molar-refractivity contribution >= 4 is 5.91 Å². The van der Waals surface area contributed by atoms with E-state index in [9.17, 15) is 13.6 Å². The first-order valence-electron chi connectivity index (χ1n) is 8.99. The molecule has 3 aromatic rings. The highest BCUT2D eigenvalue weighted by molar-refractivity contribution is 6.00. The lowest BCUT2D eigenvalue weighted by Crippen LogP contribution is -2.38. The zero-order chi connectivity index (χ0) is 20.5. The van der Waals surface area contributed by atoms with Crippen molar-refractivity contribution in [2.45, 2.75) is 12.3 Å². The van der Waals surface area contributed by atoms with Crippen LogP contribution in [-0.4, -0.2) is 48.1 Å². The van der Waals surface area contributed by atoms with Crippen LogP contribution in [0.4, 0.5) is 8.78 Å². The molecule has 1 aliphatic rings. The number of aromatic nitrogens is 2. The molecule has 0 fully saturated rings. The first-order chi connectivity index (χ1) is 14.0.